The number of phenols is 4. The van der Waals surface area contributed by atoms with Crippen molar-refractivity contribution in [3.63, 3.8) is 0 Å². The minimum Gasteiger partial charge on any atom is -0.505 e. The molecule has 0 atom stereocenters. The highest BCUT2D eigenvalue weighted by Gasteiger charge is 2.29. The second-order valence-corrected chi connectivity index (χ2v) is 12.0. The van der Waals surface area contributed by atoms with Crippen LogP contribution in [-0.4, -0.2) is 20.4 Å². The number of hydrogen-bond donors (Lipinski definition) is 4. The zero-order valence-corrected chi connectivity index (χ0v) is 25.5. The van der Waals surface area contributed by atoms with E-state index in [1.54, 1.807) is 24.3 Å². The minimum absolute atomic E-state index is 0.0831. The number of phenolic OH excluding ortho intramolecular Hbond substituents is 4. The summed E-state index contributed by atoms with van der Waals surface area (Å²) in [6.07, 6.45) is 0. The lowest BCUT2D eigenvalue weighted by Crippen LogP contribution is -2.20. The quantitative estimate of drug-likeness (QED) is 0.164. The van der Waals surface area contributed by atoms with E-state index >= 15 is 0 Å². The van der Waals surface area contributed by atoms with E-state index in [1.807, 2.05) is 13.8 Å². The average molecular weight is 666 g/mol. The Labute approximate surface area is 259 Å². The molecule has 4 aromatic rings. The largest absolute Gasteiger partial charge is 0.505 e. The number of hydrogen-bond acceptors (Lipinski definition) is 4. The smallest absolute Gasteiger partial charge is 0.187 e. The molecule has 0 fully saturated rings. The molecule has 0 saturated heterocycles. The molecule has 4 aromatic carbocycles. The molecular weight excluding hydrogens is 642 g/mol. The van der Waals surface area contributed by atoms with Gasteiger partial charge in [0.05, 0.1) is 20.1 Å². The third-order valence-corrected chi connectivity index (χ3v) is 8.11. The van der Waals surface area contributed by atoms with E-state index in [2.05, 4.69) is 0 Å². The van der Waals surface area contributed by atoms with Gasteiger partial charge in [0.25, 0.3) is 0 Å². The van der Waals surface area contributed by atoms with E-state index in [-0.39, 0.29) is 42.7 Å². The van der Waals surface area contributed by atoms with Crippen molar-refractivity contribution in [1.29, 1.82) is 0 Å². The van der Waals surface area contributed by atoms with Crippen molar-refractivity contribution in [3.05, 3.63) is 114 Å². The number of rotatable bonds is 4. The fourth-order valence-corrected chi connectivity index (χ4v) is 5.01. The summed E-state index contributed by atoms with van der Waals surface area (Å²) in [6, 6.07) is 10.1. The van der Waals surface area contributed by atoms with Crippen molar-refractivity contribution in [1.82, 2.24) is 0 Å². The molecule has 0 saturated carbocycles. The molecule has 0 radical (unpaired) electrons. The maximum absolute atomic E-state index is 13.4. The van der Waals surface area contributed by atoms with Gasteiger partial charge in [-0.1, -0.05) is 74.1 Å². The van der Waals surface area contributed by atoms with E-state index in [4.69, 9.17) is 56.6 Å². The Hall–Kier alpha value is -3.04. The van der Waals surface area contributed by atoms with Gasteiger partial charge in [-0.2, -0.15) is 0 Å². The summed E-state index contributed by atoms with van der Waals surface area (Å²) < 4.78 is 53.7. The van der Waals surface area contributed by atoms with Crippen molar-refractivity contribution in [2.45, 2.75) is 38.5 Å². The highest BCUT2D eigenvalue weighted by atomic mass is 35.5. The summed E-state index contributed by atoms with van der Waals surface area (Å²) >= 11 is 23.9. The van der Waals surface area contributed by atoms with Crippen LogP contribution in [0.25, 0.3) is 0 Å². The molecular formula is C30H24Cl4F4O4. The van der Waals surface area contributed by atoms with Crippen LogP contribution in [0.1, 0.15) is 49.9 Å². The van der Waals surface area contributed by atoms with Crippen molar-refractivity contribution in [2.75, 3.05) is 0 Å². The molecule has 4 nitrogen and oxygen atoms in total. The van der Waals surface area contributed by atoms with Gasteiger partial charge >= 0.3 is 0 Å². The van der Waals surface area contributed by atoms with E-state index < -0.39 is 45.6 Å². The van der Waals surface area contributed by atoms with Crippen LogP contribution in [0.15, 0.2) is 48.5 Å². The molecule has 42 heavy (non-hydrogen) atoms. The summed E-state index contributed by atoms with van der Waals surface area (Å²) in [7, 11) is 0. The summed E-state index contributed by atoms with van der Waals surface area (Å²) in [4.78, 5) is 0. The Morgan fingerprint density at radius 1 is 0.405 bits per heavy atom. The minimum atomic E-state index is -1.17. The van der Waals surface area contributed by atoms with Crippen LogP contribution in [0.4, 0.5) is 17.6 Å². The zero-order valence-electron chi connectivity index (χ0n) is 22.4. The molecule has 12 heteroatoms. The lowest BCUT2D eigenvalue weighted by atomic mass is 9.78. The van der Waals surface area contributed by atoms with Crippen molar-refractivity contribution >= 4 is 46.4 Å². The van der Waals surface area contributed by atoms with E-state index in [0.717, 1.165) is 35.4 Å². The van der Waals surface area contributed by atoms with Crippen LogP contribution in [0.5, 0.6) is 23.0 Å². The molecule has 0 amide bonds. The first kappa shape index (κ1) is 33.5. The Bertz CT molecular complexity index is 1340. The lowest BCUT2D eigenvalue weighted by molar-refractivity contribution is 0.390. The first-order chi connectivity index (χ1) is 19.3. The van der Waals surface area contributed by atoms with Gasteiger partial charge in [-0.15, -0.1) is 0 Å². The van der Waals surface area contributed by atoms with Gasteiger partial charge in [-0.3, -0.25) is 0 Å². The van der Waals surface area contributed by atoms with Crippen molar-refractivity contribution in [3.8, 4) is 23.0 Å². The SMILES string of the molecule is CC(C)(c1cc(Cl)c(O)c(Cl)c1)c1cc(Cl)c(O)c(Cl)c1.CC(C)(c1cc(F)c(O)c(F)c1)c1cc(F)c(O)c(F)c1. The summed E-state index contributed by atoms with van der Waals surface area (Å²) in [6.45, 7) is 6.88. The average Bonchev–Trinajstić information content (AvgIpc) is 2.91. The molecule has 0 heterocycles. The Morgan fingerprint density at radius 2 is 0.595 bits per heavy atom. The topological polar surface area (TPSA) is 80.9 Å². The van der Waals surface area contributed by atoms with Crippen LogP contribution in [0.2, 0.25) is 20.1 Å². The molecule has 0 unspecified atom stereocenters. The Morgan fingerprint density at radius 3 is 0.810 bits per heavy atom. The number of aromatic hydroxyl groups is 4. The Kier molecular flexibility index (Phi) is 9.79. The van der Waals surface area contributed by atoms with Gasteiger partial charge in [-0.05, 0) is 70.8 Å². The van der Waals surface area contributed by atoms with E-state index in [9.17, 15) is 27.8 Å². The van der Waals surface area contributed by atoms with Gasteiger partial charge in [0.1, 0.15) is 0 Å². The monoisotopic (exact) mass is 664 g/mol. The first-order valence-corrected chi connectivity index (χ1v) is 13.5. The van der Waals surface area contributed by atoms with E-state index in [0.29, 0.717) is 0 Å². The fraction of sp³-hybridized carbons (Fsp3) is 0.200. The molecule has 0 spiro atoms. The molecule has 224 valence electrons. The third-order valence-electron chi connectivity index (χ3n) is 6.95. The summed E-state index contributed by atoms with van der Waals surface area (Å²) in [5.74, 6) is -7.21. The molecule has 4 N–H and O–H groups in total. The maximum atomic E-state index is 13.4. The van der Waals surface area contributed by atoms with Crippen LogP contribution < -0.4 is 0 Å². The fourth-order valence-electron chi connectivity index (χ4n) is 4.04. The van der Waals surface area contributed by atoms with E-state index in [1.165, 1.54) is 13.8 Å². The predicted octanol–water partition coefficient (Wildman–Crippen LogP) is 10.0. The third kappa shape index (κ3) is 6.62. The van der Waals surface area contributed by atoms with Gasteiger partial charge in [0.2, 0.25) is 0 Å². The lowest BCUT2D eigenvalue weighted by Gasteiger charge is -2.27. The highest BCUT2D eigenvalue weighted by molar-refractivity contribution is 6.37. The maximum Gasteiger partial charge on any atom is 0.187 e. The predicted molar refractivity (Wildman–Crippen MR) is 157 cm³/mol. The molecule has 0 aliphatic heterocycles. The first-order valence-electron chi connectivity index (χ1n) is 12.0. The molecule has 4 rings (SSSR count). The van der Waals surface area contributed by atoms with Crippen molar-refractivity contribution in [2.24, 2.45) is 0 Å². The Balaban J connectivity index is 0.000000230. The summed E-state index contributed by atoms with van der Waals surface area (Å²) in [5.41, 5.74) is 0.0630. The summed E-state index contributed by atoms with van der Waals surface area (Å²) in [5, 5.41) is 38.2. The highest BCUT2D eigenvalue weighted by Crippen LogP contribution is 2.43. The standard InChI is InChI=1S/C15H12Cl4O2.C15H12F4O2/c2*1-15(2,7-3-9(16)13(20)10(17)4-7)8-5-11(18)14(21)12(19)6-8/h2*3-6,20-21H,1-2H3. The van der Waals surface area contributed by atoms with Gasteiger partial charge < -0.3 is 20.4 Å². The van der Waals surface area contributed by atoms with Crippen LogP contribution >= 0.6 is 46.4 Å². The van der Waals surface area contributed by atoms with Gasteiger partial charge in [0.15, 0.2) is 46.3 Å². The van der Waals surface area contributed by atoms with Gasteiger partial charge in [0, 0.05) is 10.8 Å². The van der Waals surface area contributed by atoms with Crippen molar-refractivity contribution < 1.29 is 38.0 Å². The molecule has 0 aromatic heterocycles. The van der Waals surface area contributed by atoms with Crippen LogP contribution in [0.3, 0.4) is 0 Å². The number of benzene rings is 4. The van der Waals surface area contributed by atoms with Gasteiger partial charge in [-0.25, -0.2) is 17.6 Å². The van der Waals surface area contributed by atoms with Crippen LogP contribution in [0, 0.1) is 23.3 Å². The second-order valence-electron chi connectivity index (χ2n) is 10.4. The van der Waals surface area contributed by atoms with Crippen LogP contribution in [-0.2, 0) is 10.8 Å². The molecule has 0 aliphatic rings. The molecule has 0 bridgehead atoms. The number of halogens is 8. The normalized spacial score (nSPS) is 11.7. The zero-order chi connectivity index (χ0) is 31.9. The second kappa shape index (κ2) is 12.3. The molecule has 0 aliphatic carbocycles.